The zero-order valence-electron chi connectivity index (χ0n) is 15.6. The maximum Gasteiger partial charge on any atom is 0.243 e. The SMILES string of the molecule is CCCCCC(C)NC(=O)C1CCN(S(=O)(=O)c2ccc(Cl)cc2)CC1. The number of hydrogen-bond donors (Lipinski definition) is 1. The molecule has 1 fully saturated rings. The molecule has 1 aromatic carbocycles. The van der Waals surface area contributed by atoms with Gasteiger partial charge in [0.15, 0.2) is 0 Å². The molecule has 5 nitrogen and oxygen atoms in total. The summed E-state index contributed by atoms with van der Waals surface area (Å²) >= 11 is 5.83. The van der Waals surface area contributed by atoms with E-state index in [0.29, 0.717) is 31.0 Å². The third-order valence-corrected chi connectivity index (χ3v) is 7.07. The van der Waals surface area contributed by atoms with Crippen molar-refractivity contribution in [3.8, 4) is 0 Å². The Kier molecular flexibility index (Phi) is 7.92. The van der Waals surface area contributed by atoms with E-state index in [2.05, 4.69) is 12.2 Å². The number of hydrogen-bond acceptors (Lipinski definition) is 3. The van der Waals surface area contributed by atoms with E-state index in [1.165, 1.54) is 29.3 Å². The molecule has 0 saturated carbocycles. The lowest BCUT2D eigenvalue weighted by Crippen LogP contribution is -2.44. The zero-order valence-corrected chi connectivity index (χ0v) is 17.2. The van der Waals surface area contributed by atoms with Crippen molar-refractivity contribution < 1.29 is 13.2 Å². The second-order valence-electron chi connectivity index (χ2n) is 7.04. The van der Waals surface area contributed by atoms with Crippen molar-refractivity contribution in [3.05, 3.63) is 29.3 Å². The average Bonchev–Trinajstić information content (AvgIpc) is 2.62. The fourth-order valence-electron chi connectivity index (χ4n) is 3.25. The lowest BCUT2D eigenvalue weighted by Gasteiger charge is -2.31. The third kappa shape index (κ3) is 5.69. The number of halogens is 1. The van der Waals surface area contributed by atoms with Crippen molar-refractivity contribution in [2.24, 2.45) is 5.92 Å². The van der Waals surface area contributed by atoms with Gasteiger partial charge in [0.1, 0.15) is 0 Å². The van der Waals surface area contributed by atoms with Crippen molar-refractivity contribution in [1.82, 2.24) is 9.62 Å². The summed E-state index contributed by atoms with van der Waals surface area (Å²) in [6.45, 7) is 4.93. The molecule has 0 bridgehead atoms. The molecule has 0 aromatic heterocycles. The van der Waals surface area contributed by atoms with Crippen molar-refractivity contribution in [1.29, 1.82) is 0 Å². The minimum Gasteiger partial charge on any atom is -0.353 e. The second-order valence-corrected chi connectivity index (χ2v) is 9.41. The summed E-state index contributed by atoms with van der Waals surface area (Å²) in [5.41, 5.74) is 0. The molecule has 1 heterocycles. The summed E-state index contributed by atoms with van der Waals surface area (Å²) < 4.78 is 26.8. The quantitative estimate of drug-likeness (QED) is 0.674. The number of nitrogens with zero attached hydrogens (tertiary/aromatic N) is 1. The molecule has 1 amide bonds. The van der Waals surface area contributed by atoms with Gasteiger partial charge in [-0.05, 0) is 50.5 Å². The Morgan fingerprint density at radius 3 is 2.42 bits per heavy atom. The van der Waals surface area contributed by atoms with Crippen LogP contribution in [0.5, 0.6) is 0 Å². The minimum absolute atomic E-state index is 0.0533. The van der Waals surface area contributed by atoms with E-state index < -0.39 is 10.0 Å². The van der Waals surface area contributed by atoms with Gasteiger partial charge in [0, 0.05) is 30.1 Å². The van der Waals surface area contributed by atoms with Gasteiger partial charge in [0.2, 0.25) is 15.9 Å². The Hall–Kier alpha value is -1.11. The zero-order chi connectivity index (χ0) is 19.2. The van der Waals surface area contributed by atoms with Crippen LogP contribution < -0.4 is 5.32 Å². The Labute approximate surface area is 162 Å². The smallest absolute Gasteiger partial charge is 0.243 e. The topological polar surface area (TPSA) is 66.5 Å². The van der Waals surface area contributed by atoms with Gasteiger partial charge in [-0.1, -0.05) is 37.8 Å². The van der Waals surface area contributed by atoms with Gasteiger partial charge in [-0.25, -0.2) is 8.42 Å². The number of benzene rings is 1. The molecule has 1 aliphatic rings. The van der Waals surface area contributed by atoms with Crippen LogP contribution in [-0.4, -0.2) is 37.8 Å². The van der Waals surface area contributed by atoms with Crippen molar-refractivity contribution >= 4 is 27.5 Å². The minimum atomic E-state index is -3.52. The van der Waals surface area contributed by atoms with Crippen molar-refractivity contribution in [3.63, 3.8) is 0 Å². The number of sulfonamides is 1. The highest BCUT2D eigenvalue weighted by Crippen LogP contribution is 2.25. The van der Waals surface area contributed by atoms with E-state index in [0.717, 1.165) is 12.8 Å². The first-order valence-electron chi connectivity index (χ1n) is 9.40. The molecule has 1 N–H and O–H groups in total. The lowest BCUT2D eigenvalue weighted by atomic mass is 9.96. The summed E-state index contributed by atoms with van der Waals surface area (Å²) in [7, 11) is -3.52. The number of rotatable bonds is 8. The summed E-state index contributed by atoms with van der Waals surface area (Å²) in [6, 6.07) is 6.37. The van der Waals surface area contributed by atoms with E-state index in [-0.39, 0.29) is 22.8 Å². The van der Waals surface area contributed by atoms with Crippen LogP contribution in [0.2, 0.25) is 5.02 Å². The Morgan fingerprint density at radius 2 is 1.85 bits per heavy atom. The third-order valence-electron chi connectivity index (χ3n) is 4.91. The van der Waals surface area contributed by atoms with Crippen LogP contribution in [0.15, 0.2) is 29.2 Å². The maximum absolute atomic E-state index is 12.7. The van der Waals surface area contributed by atoms with Gasteiger partial charge < -0.3 is 5.32 Å². The normalized spacial score (nSPS) is 17.8. The molecule has 0 spiro atoms. The maximum atomic E-state index is 12.7. The van der Waals surface area contributed by atoms with E-state index in [4.69, 9.17) is 11.6 Å². The highest BCUT2D eigenvalue weighted by atomic mass is 35.5. The van der Waals surface area contributed by atoms with E-state index in [1.54, 1.807) is 12.1 Å². The lowest BCUT2D eigenvalue weighted by molar-refractivity contribution is -0.126. The molecule has 146 valence electrons. The highest BCUT2D eigenvalue weighted by molar-refractivity contribution is 7.89. The fraction of sp³-hybridized carbons (Fsp3) is 0.632. The van der Waals surface area contributed by atoms with Gasteiger partial charge in [-0.2, -0.15) is 4.31 Å². The van der Waals surface area contributed by atoms with Crippen LogP contribution in [0.4, 0.5) is 0 Å². The summed E-state index contributed by atoms with van der Waals surface area (Å²) in [4.78, 5) is 12.7. The number of amides is 1. The summed E-state index contributed by atoms with van der Waals surface area (Å²) in [5, 5.41) is 3.59. The number of unbranched alkanes of at least 4 members (excludes halogenated alkanes) is 2. The Balaban J connectivity index is 1.86. The van der Waals surface area contributed by atoms with Crippen molar-refractivity contribution in [2.75, 3.05) is 13.1 Å². The predicted molar refractivity (Wildman–Crippen MR) is 105 cm³/mol. The largest absolute Gasteiger partial charge is 0.353 e. The fourth-order valence-corrected chi connectivity index (χ4v) is 4.84. The predicted octanol–water partition coefficient (Wildman–Crippen LogP) is 3.83. The van der Waals surface area contributed by atoms with Gasteiger partial charge in [0.25, 0.3) is 0 Å². The first-order chi connectivity index (χ1) is 12.3. The summed E-state index contributed by atoms with van der Waals surface area (Å²) in [5.74, 6) is -0.0576. The van der Waals surface area contributed by atoms with Gasteiger partial charge in [-0.15, -0.1) is 0 Å². The molecule has 1 aromatic rings. The van der Waals surface area contributed by atoms with Gasteiger partial charge in [-0.3, -0.25) is 4.79 Å². The molecule has 0 aliphatic carbocycles. The number of nitrogens with one attached hydrogen (secondary N) is 1. The number of carbonyl (C=O) groups is 1. The molecule has 2 rings (SSSR count). The molecule has 1 saturated heterocycles. The monoisotopic (exact) mass is 400 g/mol. The molecule has 1 aliphatic heterocycles. The molecular formula is C19H29ClN2O3S. The first kappa shape index (κ1) is 21.2. The second kappa shape index (κ2) is 9.72. The average molecular weight is 401 g/mol. The van der Waals surface area contributed by atoms with Gasteiger partial charge >= 0.3 is 0 Å². The van der Waals surface area contributed by atoms with Crippen LogP contribution >= 0.6 is 11.6 Å². The van der Waals surface area contributed by atoms with Crippen LogP contribution in [-0.2, 0) is 14.8 Å². The molecule has 7 heteroatoms. The molecule has 1 unspecified atom stereocenters. The number of carbonyl (C=O) groups excluding carboxylic acids is 1. The highest BCUT2D eigenvalue weighted by Gasteiger charge is 2.32. The Bertz CT molecular complexity index is 683. The first-order valence-corrected chi connectivity index (χ1v) is 11.2. The summed E-state index contributed by atoms with van der Waals surface area (Å²) in [6.07, 6.45) is 5.57. The number of piperidine rings is 1. The molecule has 26 heavy (non-hydrogen) atoms. The Morgan fingerprint density at radius 1 is 1.23 bits per heavy atom. The van der Waals surface area contributed by atoms with Crippen LogP contribution in [0.25, 0.3) is 0 Å². The van der Waals surface area contributed by atoms with E-state index in [1.807, 2.05) is 6.92 Å². The standard InChI is InChI=1S/C19H29ClN2O3S/c1-3-4-5-6-15(2)21-19(23)16-11-13-22(14-12-16)26(24,25)18-9-7-17(20)8-10-18/h7-10,15-16H,3-6,11-14H2,1-2H3,(H,21,23). The molecular weight excluding hydrogens is 372 g/mol. The molecule has 1 atom stereocenters. The molecule has 0 radical (unpaired) electrons. The van der Waals surface area contributed by atoms with Crippen molar-refractivity contribution in [2.45, 2.75) is 63.3 Å². The van der Waals surface area contributed by atoms with Crippen LogP contribution in [0, 0.1) is 5.92 Å². The van der Waals surface area contributed by atoms with E-state index >= 15 is 0 Å². The van der Waals surface area contributed by atoms with Gasteiger partial charge in [0.05, 0.1) is 4.90 Å². The van der Waals surface area contributed by atoms with Crippen LogP contribution in [0.1, 0.15) is 52.4 Å². The van der Waals surface area contributed by atoms with E-state index in [9.17, 15) is 13.2 Å². The van der Waals surface area contributed by atoms with Crippen LogP contribution in [0.3, 0.4) is 0 Å².